The average molecular weight is 405 g/mol. The Morgan fingerprint density at radius 1 is 1.22 bits per heavy atom. The third-order valence-corrected chi connectivity index (χ3v) is 5.22. The van der Waals surface area contributed by atoms with Gasteiger partial charge >= 0.3 is 0 Å². The van der Waals surface area contributed by atoms with Crippen LogP contribution in [-0.4, -0.2) is 50.8 Å². The summed E-state index contributed by atoms with van der Waals surface area (Å²) in [6.45, 7) is 7.77. The molecule has 23 heavy (non-hydrogen) atoms. The van der Waals surface area contributed by atoms with E-state index >= 15 is 0 Å². The highest BCUT2D eigenvalue weighted by Crippen LogP contribution is 2.28. The number of nitrogens with two attached hydrogens (primary N) is 1. The fourth-order valence-corrected chi connectivity index (χ4v) is 3.85. The number of halogens is 2. The second kappa shape index (κ2) is 9.23. The molecule has 2 aliphatic rings. The number of piperidine rings is 1. The smallest absolute Gasteiger partial charge is 0.0642 e. The van der Waals surface area contributed by atoms with Crippen molar-refractivity contribution in [2.75, 3.05) is 50.8 Å². The van der Waals surface area contributed by atoms with Crippen LogP contribution in [0.3, 0.4) is 0 Å². The number of benzene rings is 1. The van der Waals surface area contributed by atoms with E-state index in [0.717, 1.165) is 50.4 Å². The summed E-state index contributed by atoms with van der Waals surface area (Å²) >= 11 is 3.62. The maximum absolute atomic E-state index is 5.87. The van der Waals surface area contributed by atoms with E-state index < -0.39 is 0 Å². The third-order valence-electron chi connectivity index (χ3n) is 4.73. The number of ether oxygens (including phenoxy) is 1. The monoisotopic (exact) mass is 403 g/mol. The molecule has 2 fully saturated rings. The first-order valence-corrected chi connectivity index (χ1v) is 9.09. The summed E-state index contributed by atoms with van der Waals surface area (Å²) in [5.74, 6) is 0.663. The molecule has 1 unspecified atom stereocenters. The average Bonchev–Trinajstić information content (AvgIpc) is 2.57. The van der Waals surface area contributed by atoms with Crippen LogP contribution in [-0.2, 0) is 11.3 Å². The number of hydrogen-bond donors (Lipinski definition) is 1. The Kier molecular flexibility index (Phi) is 7.63. The van der Waals surface area contributed by atoms with Crippen molar-refractivity contribution in [2.24, 2.45) is 11.7 Å². The molecule has 1 aromatic carbocycles. The van der Waals surface area contributed by atoms with Gasteiger partial charge in [-0.05, 0) is 49.5 Å². The van der Waals surface area contributed by atoms with Crippen LogP contribution < -0.4 is 10.6 Å². The van der Waals surface area contributed by atoms with Crippen molar-refractivity contribution in [3.63, 3.8) is 0 Å². The van der Waals surface area contributed by atoms with Gasteiger partial charge in [-0.15, -0.1) is 12.4 Å². The molecule has 1 atom stereocenters. The zero-order valence-corrected chi connectivity index (χ0v) is 15.9. The lowest BCUT2D eigenvalue weighted by molar-refractivity contribution is 0.122. The Morgan fingerprint density at radius 2 is 2.00 bits per heavy atom. The van der Waals surface area contributed by atoms with E-state index in [1.165, 1.54) is 30.6 Å². The van der Waals surface area contributed by atoms with Crippen LogP contribution in [0.15, 0.2) is 22.7 Å². The van der Waals surface area contributed by atoms with Crippen LogP contribution in [0.2, 0.25) is 0 Å². The topological polar surface area (TPSA) is 41.7 Å². The van der Waals surface area contributed by atoms with Crippen LogP contribution >= 0.6 is 28.3 Å². The molecular weight excluding hydrogens is 378 g/mol. The SMILES string of the molecule is Cl.NCC1CCCN(Cc2ccc(Br)cc2N2CCOCC2)C1. The van der Waals surface area contributed by atoms with Crippen LogP contribution in [0.5, 0.6) is 0 Å². The highest BCUT2D eigenvalue weighted by atomic mass is 79.9. The van der Waals surface area contributed by atoms with Crippen molar-refractivity contribution in [3.05, 3.63) is 28.2 Å². The van der Waals surface area contributed by atoms with Crippen LogP contribution in [0.1, 0.15) is 18.4 Å². The predicted molar refractivity (Wildman–Crippen MR) is 101 cm³/mol. The Bertz CT molecular complexity index is 497. The lowest BCUT2D eigenvalue weighted by Crippen LogP contribution is -2.39. The van der Waals surface area contributed by atoms with Gasteiger partial charge in [0.1, 0.15) is 0 Å². The molecule has 130 valence electrons. The molecule has 6 heteroatoms. The summed E-state index contributed by atoms with van der Waals surface area (Å²) in [5.41, 5.74) is 8.64. The van der Waals surface area contributed by atoms with Gasteiger partial charge in [-0.3, -0.25) is 4.90 Å². The molecule has 0 spiro atoms. The van der Waals surface area contributed by atoms with Gasteiger partial charge in [0.2, 0.25) is 0 Å². The summed E-state index contributed by atoms with van der Waals surface area (Å²) in [5, 5.41) is 0. The first-order valence-electron chi connectivity index (χ1n) is 8.30. The molecule has 2 heterocycles. The van der Waals surface area contributed by atoms with Gasteiger partial charge in [0, 0.05) is 36.3 Å². The lowest BCUT2D eigenvalue weighted by Gasteiger charge is -2.35. The molecule has 2 saturated heterocycles. The maximum atomic E-state index is 5.87. The molecule has 1 aromatic rings. The summed E-state index contributed by atoms with van der Waals surface area (Å²) in [4.78, 5) is 5.02. The second-order valence-electron chi connectivity index (χ2n) is 6.35. The van der Waals surface area contributed by atoms with Crippen molar-refractivity contribution < 1.29 is 4.74 Å². The predicted octanol–water partition coefficient (Wildman–Crippen LogP) is 2.88. The van der Waals surface area contributed by atoms with Gasteiger partial charge in [0.05, 0.1) is 13.2 Å². The molecule has 0 aliphatic carbocycles. The fraction of sp³-hybridized carbons (Fsp3) is 0.647. The van der Waals surface area contributed by atoms with Crippen molar-refractivity contribution in [1.82, 2.24) is 4.90 Å². The molecule has 4 nitrogen and oxygen atoms in total. The number of rotatable bonds is 4. The molecule has 0 radical (unpaired) electrons. The second-order valence-corrected chi connectivity index (χ2v) is 7.27. The van der Waals surface area contributed by atoms with Gasteiger partial charge in [-0.25, -0.2) is 0 Å². The molecule has 0 amide bonds. The van der Waals surface area contributed by atoms with Crippen molar-refractivity contribution >= 4 is 34.0 Å². The molecule has 0 saturated carbocycles. The third kappa shape index (κ3) is 5.07. The molecular formula is C17H27BrClN3O. The maximum Gasteiger partial charge on any atom is 0.0642 e. The Labute approximate surface area is 153 Å². The minimum Gasteiger partial charge on any atom is -0.378 e. The lowest BCUT2D eigenvalue weighted by atomic mass is 9.97. The summed E-state index contributed by atoms with van der Waals surface area (Å²) in [6.07, 6.45) is 2.55. The number of hydrogen-bond acceptors (Lipinski definition) is 4. The molecule has 3 rings (SSSR count). The van der Waals surface area contributed by atoms with E-state index in [1.807, 2.05) is 0 Å². The normalized spacial score (nSPS) is 22.7. The summed E-state index contributed by atoms with van der Waals surface area (Å²) in [6, 6.07) is 6.68. The summed E-state index contributed by atoms with van der Waals surface area (Å²) in [7, 11) is 0. The quantitative estimate of drug-likeness (QED) is 0.838. The van der Waals surface area contributed by atoms with Crippen LogP contribution in [0.25, 0.3) is 0 Å². The number of anilines is 1. The van der Waals surface area contributed by atoms with Gasteiger partial charge < -0.3 is 15.4 Å². The largest absolute Gasteiger partial charge is 0.378 e. The van der Waals surface area contributed by atoms with Crippen molar-refractivity contribution in [1.29, 1.82) is 0 Å². The zero-order valence-electron chi connectivity index (χ0n) is 13.5. The van der Waals surface area contributed by atoms with E-state index in [0.29, 0.717) is 5.92 Å². The molecule has 2 N–H and O–H groups in total. The van der Waals surface area contributed by atoms with Crippen molar-refractivity contribution in [3.8, 4) is 0 Å². The standard InChI is InChI=1S/C17H26BrN3O.ClH/c18-16-4-3-15(13-20-5-1-2-14(11-19)12-20)17(10-16)21-6-8-22-9-7-21;/h3-4,10,14H,1-2,5-9,11-13,19H2;1H. The van der Waals surface area contributed by atoms with Crippen LogP contribution in [0.4, 0.5) is 5.69 Å². The van der Waals surface area contributed by atoms with E-state index in [4.69, 9.17) is 10.5 Å². The molecule has 0 bridgehead atoms. The highest BCUT2D eigenvalue weighted by Gasteiger charge is 2.21. The number of morpholine rings is 1. The van der Waals surface area contributed by atoms with E-state index in [2.05, 4.69) is 43.9 Å². The minimum atomic E-state index is 0. The van der Waals surface area contributed by atoms with Gasteiger partial charge in [0.15, 0.2) is 0 Å². The fourth-order valence-electron chi connectivity index (χ4n) is 3.50. The molecule has 2 aliphatic heterocycles. The number of likely N-dealkylation sites (tertiary alicyclic amines) is 1. The van der Waals surface area contributed by atoms with E-state index in [9.17, 15) is 0 Å². The van der Waals surface area contributed by atoms with Gasteiger partial charge in [-0.1, -0.05) is 22.0 Å². The zero-order chi connectivity index (χ0) is 15.4. The summed E-state index contributed by atoms with van der Waals surface area (Å²) < 4.78 is 6.64. The molecule has 0 aromatic heterocycles. The van der Waals surface area contributed by atoms with Crippen LogP contribution in [0, 0.1) is 5.92 Å². The first kappa shape index (κ1) is 19.0. The van der Waals surface area contributed by atoms with E-state index in [1.54, 1.807) is 0 Å². The first-order chi connectivity index (χ1) is 10.8. The minimum absolute atomic E-state index is 0. The van der Waals surface area contributed by atoms with Gasteiger partial charge in [-0.2, -0.15) is 0 Å². The van der Waals surface area contributed by atoms with Gasteiger partial charge in [0.25, 0.3) is 0 Å². The van der Waals surface area contributed by atoms with Crippen molar-refractivity contribution in [2.45, 2.75) is 19.4 Å². The Balaban J connectivity index is 0.00000192. The van der Waals surface area contributed by atoms with E-state index in [-0.39, 0.29) is 12.4 Å². The number of nitrogens with zero attached hydrogens (tertiary/aromatic N) is 2. The highest BCUT2D eigenvalue weighted by molar-refractivity contribution is 9.10. The Morgan fingerprint density at radius 3 is 2.74 bits per heavy atom. The Hall–Kier alpha value is -0.330.